The lowest BCUT2D eigenvalue weighted by Gasteiger charge is -2.15. The fourth-order valence-electron chi connectivity index (χ4n) is 1.59. The summed E-state index contributed by atoms with van der Waals surface area (Å²) in [6.45, 7) is 2.83. The second-order valence-corrected chi connectivity index (χ2v) is 4.11. The molecule has 2 aromatic rings. The molecule has 2 rings (SSSR count). The van der Waals surface area contributed by atoms with Crippen LogP contribution in [0.2, 0.25) is 0 Å². The van der Waals surface area contributed by atoms with Crippen molar-refractivity contribution in [3.05, 3.63) is 30.1 Å². The van der Waals surface area contributed by atoms with Gasteiger partial charge in [0.15, 0.2) is 5.82 Å². The SMILES string of the molecule is Cc1nc(CN(C)C(=O)CCn2cccn2)n[nH]1. The van der Waals surface area contributed by atoms with Gasteiger partial charge in [0.1, 0.15) is 5.82 Å². The molecule has 0 spiro atoms. The first-order chi connectivity index (χ1) is 8.65. The first-order valence-corrected chi connectivity index (χ1v) is 5.74. The number of rotatable bonds is 5. The molecule has 96 valence electrons. The molecule has 0 bridgehead atoms. The van der Waals surface area contributed by atoms with Crippen molar-refractivity contribution >= 4 is 5.91 Å². The molecule has 1 amide bonds. The van der Waals surface area contributed by atoms with Gasteiger partial charge >= 0.3 is 0 Å². The van der Waals surface area contributed by atoms with E-state index in [1.54, 1.807) is 22.8 Å². The molecule has 0 atom stereocenters. The van der Waals surface area contributed by atoms with E-state index in [2.05, 4.69) is 20.3 Å². The van der Waals surface area contributed by atoms with E-state index < -0.39 is 0 Å². The zero-order valence-electron chi connectivity index (χ0n) is 10.5. The summed E-state index contributed by atoms with van der Waals surface area (Å²) in [5.74, 6) is 1.43. The Morgan fingerprint density at radius 3 is 3.00 bits per heavy atom. The summed E-state index contributed by atoms with van der Waals surface area (Å²) in [4.78, 5) is 17.7. The molecule has 0 fully saturated rings. The number of amides is 1. The smallest absolute Gasteiger partial charge is 0.224 e. The van der Waals surface area contributed by atoms with Crippen molar-refractivity contribution in [2.24, 2.45) is 0 Å². The number of carbonyl (C=O) groups excluding carboxylic acids is 1. The normalized spacial score (nSPS) is 10.6. The van der Waals surface area contributed by atoms with Crippen molar-refractivity contribution in [1.82, 2.24) is 29.9 Å². The van der Waals surface area contributed by atoms with Crippen LogP contribution in [-0.2, 0) is 17.9 Å². The zero-order chi connectivity index (χ0) is 13.0. The first kappa shape index (κ1) is 12.3. The Morgan fingerprint density at radius 2 is 2.39 bits per heavy atom. The second kappa shape index (κ2) is 5.44. The van der Waals surface area contributed by atoms with Crippen molar-refractivity contribution in [1.29, 1.82) is 0 Å². The molecule has 7 nitrogen and oxygen atoms in total. The molecule has 18 heavy (non-hydrogen) atoms. The van der Waals surface area contributed by atoms with Gasteiger partial charge in [-0.2, -0.15) is 10.2 Å². The maximum atomic E-state index is 11.9. The lowest BCUT2D eigenvalue weighted by atomic mass is 10.3. The average molecular weight is 248 g/mol. The molecule has 0 aromatic carbocycles. The minimum Gasteiger partial charge on any atom is -0.338 e. The monoisotopic (exact) mass is 248 g/mol. The van der Waals surface area contributed by atoms with Crippen LogP contribution in [0.25, 0.3) is 0 Å². The Hall–Kier alpha value is -2.18. The van der Waals surface area contributed by atoms with Crippen LogP contribution in [-0.4, -0.2) is 42.8 Å². The summed E-state index contributed by atoms with van der Waals surface area (Å²) in [6.07, 6.45) is 3.96. The predicted molar refractivity (Wildman–Crippen MR) is 64.4 cm³/mol. The molecule has 2 aromatic heterocycles. The number of nitrogens with one attached hydrogen (secondary N) is 1. The molecule has 7 heteroatoms. The molecule has 0 radical (unpaired) electrons. The standard InChI is InChI=1S/C11H16N6O/c1-9-13-10(15-14-9)8-16(2)11(18)4-7-17-6-3-5-12-17/h3,5-6H,4,7-8H2,1-2H3,(H,13,14,15). The molecule has 2 heterocycles. The van der Waals surface area contributed by atoms with Gasteiger partial charge in [-0.05, 0) is 13.0 Å². The van der Waals surface area contributed by atoms with Crippen LogP contribution in [0, 0.1) is 6.92 Å². The van der Waals surface area contributed by atoms with Gasteiger partial charge in [-0.25, -0.2) is 4.98 Å². The van der Waals surface area contributed by atoms with Crippen molar-refractivity contribution in [3.63, 3.8) is 0 Å². The summed E-state index contributed by atoms with van der Waals surface area (Å²) in [5, 5.41) is 10.8. The Labute approximate surface area is 105 Å². The number of carbonyl (C=O) groups is 1. The van der Waals surface area contributed by atoms with Gasteiger partial charge < -0.3 is 4.90 Å². The van der Waals surface area contributed by atoms with E-state index in [-0.39, 0.29) is 5.91 Å². The van der Waals surface area contributed by atoms with Gasteiger partial charge in [0.2, 0.25) is 5.91 Å². The lowest BCUT2D eigenvalue weighted by Crippen LogP contribution is -2.27. The number of aryl methyl sites for hydroxylation is 2. The predicted octanol–water partition coefficient (Wildman–Crippen LogP) is 0.358. The third kappa shape index (κ3) is 3.16. The van der Waals surface area contributed by atoms with E-state index in [1.807, 2.05) is 19.2 Å². The first-order valence-electron chi connectivity index (χ1n) is 5.74. The molecule has 0 aliphatic rings. The number of aromatic amines is 1. The average Bonchev–Trinajstić information content (AvgIpc) is 2.97. The molecule has 0 aliphatic carbocycles. The third-order valence-electron chi connectivity index (χ3n) is 2.56. The Kier molecular flexibility index (Phi) is 3.71. The summed E-state index contributed by atoms with van der Waals surface area (Å²) in [5.41, 5.74) is 0. The molecule has 0 unspecified atom stereocenters. The highest BCUT2D eigenvalue weighted by atomic mass is 16.2. The van der Waals surface area contributed by atoms with Crippen molar-refractivity contribution in [2.45, 2.75) is 26.4 Å². The number of H-pyrrole nitrogens is 1. The Morgan fingerprint density at radius 1 is 1.56 bits per heavy atom. The summed E-state index contributed by atoms with van der Waals surface area (Å²) < 4.78 is 1.74. The summed E-state index contributed by atoms with van der Waals surface area (Å²) in [6, 6.07) is 1.84. The fraction of sp³-hybridized carbons (Fsp3) is 0.455. The fourth-order valence-corrected chi connectivity index (χ4v) is 1.59. The van der Waals surface area contributed by atoms with E-state index in [4.69, 9.17) is 0 Å². The van der Waals surface area contributed by atoms with E-state index in [9.17, 15) is 4.79 Å². The lowest BCUT2D eigenvalue weighted by molar-refractivity contribution is -0.130. The number of hydrogen-bond acceptors (Lipinski definition) is 4. The van der Waals surface area contributed by atoms with Gasteiger partial charge in [0, 0.05) is 32.4 Å². The van der Waals surface area contributed by atoms with Crippen LogP contribution in [0.1, 0.15) is 18.1 Å². The van der Waals surface area contributed by atoms with Gasteiger partial charge in [0.05, 0.1) is 6.54 Å². The van der Waals surface area contributed by atoms with Crippen LogP contribution in [0.15, 0.2) is 18.5 Å². The van der Waals surface area contributed by atoms with Crippen molar-refractivity contribution < 1.29 is 4.79 Å². The van der Waals surface area contributed by atoms with Gasteiger partial charge in [-0.1, -0.05) is 0 Å². The number of aromatic nitrogens is 5. The summed E-state index contributed by atoms with van der Waals surface area (Å²) in [7, 11) is 1.75. The third-order valence-corrected chi connectivity index (χ3v) is 2.56. The summed E-state index contributed by atoms with van der Waals surface area (Å²) >= 11 is 0. The van der Waals surface area contributed by atoms with Crippen molar-refractivity contribution in [2.75, 3.05) is 7.05 Å². The molecular formula is C11H16N6O. The second-order valence-electron chi connectivity index (χ2n) is 4.11. The molecule has 0 saturated carbocycles. The van der Waals surface area contributed by atoms with Crippen LogP contribution in [0.3, 0.4) is 0 Å². The highest BCUT2D eigenvalue weighted by Crippen LogP contribution is 2.00. The zero-order valence-corrected chi connectivity index (χ0v) is 10.5. The van der Waals surface area contributed by atoms with E-state index in [1.165, 1.54) is 0 Å². The van der Waals surface area contributed by atoms with Crippen LogP contribution < -0.4 is 0 Å². The van der Waals surface area contributed by atoms with Gasteiger partial charge in [-0.3, -0.25) is 14.6 Å². The molecular weight excluding hydrogens is 232 g/mol. The molecule has 0 saturated heterocycles. The van der Waals surface area contributed by atoms with Gasteiger partial charge in [-0.15, -0.1) is 0 Å². The maximum absolute atomic E-state index is 11.9. The van der Waals surface area contributed by atoms with Crippen molar-refractivity contribution in [3.8, 4) is 0 Å². The van der Waals surface area contributed by atoms with Crippen LogP contribution in [0.5, 0.6) is 0 Å². The number of hydrogen-bond donors (Lipinski definition) is 1. The van der Waals surface area contributed by atoms with E-state index in [0.29, 0.717) is 25.3 Å². The molecule has 0 aliphatic heterocycles. The quantitative estimate of drug-likeness (QED) is 0.828. The highest BCUT2D eigenvalue weighted by molar-refractivity contribution is 5.75. The Balaban J connectivity index is 1.81. The number of nitrogens with zero attached hydrogens (tertiary/aromatic N) is 5. The largest absolute Gasteiger partial charge is 0.338 e. The Bertz CT molecular complexity index is 503. The highest BCUT2D eigenvalue weighted by Gasteiger charge is 2.11. The van der Waals surface area contributed by atoms with Gasteiger partial charge in [0.25, 0.3) is 0 Å². The van der Waals surface area contributed by atoms with E-state index >= 15 is 0 Å². The maximum Gasteiger partial charge on any atom is 0.224 e. The minimum absolute atomic E-state index is 0.0490. The van der Waals surface area contributed by atoms with E-state index in [0.717, 1.165) is 5.82 Å². The molecule has 1 N–H and O–H groups in total. The van der Waals surface area contributed by atoms with Crippen LogP contribution in [0.4, 0.5) is 0 Å². The van der Waals surface area contributed by atoms with Crippen LogP contribution >= 0.6 is 0 Å². The topological polar surface area (TPSA) is 79.7 Å². The minimum atomic E-state index is 0.0490.